The molecular weight excluding hydrogens is 263 g/mol. The number of hydrogen-bond acceptors (Lipinski definition) is 3. The van der Waals surface area contributed by atoms with Crippen molar-refractivity contribution in [3.05, 3.63) is 0 Å². The Morgan fingerprint density at radius 3 is 2.95 bits per heavy atom. The van der Waals surface area contributed by atoms with E-state index in [-0.39, 0.29) is 0 Å². The highest BCUT2D eigenvalue weighted by Crippen LogP contribution is 2.07. The van der Waals surface area contributed by atoms with Gasteiger partial charge in [0.25, 0.3) is 0 Å². The van der Waals surface area contributed by atoms with E-state index in [1.807, 2.05) is 0 Å². The molecule has 0 amide bonds. The molecule has 0 saturated heterocycles. The van der Waals surface area contributed by atoms with Crippen molar-refractivity contribution in [1.82, 2.24) is 9.99 Å². The number of rotatable bonds is 7. The zero-order valence-corrected chi connectivity index (χ0v) is 14.3. The summed E-state index contributed by atoms with van der Waals surface area (Å²) in [5.74, 6) is 1.06. The Balaban J connectivity index is 2.18. The van der Waals surface area contributed by atoms with Gasteiger partial charge >= 0.3 is 0 Å². The molecule has 0 fully saturated rings. The third-order valence-electron chi connectivity index (χ3n) is 3.54. The number of hydrogen-bond donors (Lipinski definition) is 1. The minimum Gasteiger partial charge on any atom is -0.356 e. The maximum atomic E-state index is 4.69. The molecule has 1 atom stereocenters. The standard InChI is InChI=1S/C14H30B2N3P/c1-2-3-7-15-8-4-11-17-14-18-12-5-9-16-10-6-13-19(14)20/h2-13,20H2,1H3,(H,17,18). The van der Waals surface area contributed by atoms with Gasteiger partial charge in [-0.1, -0.05) is 45.0 Å². The highest BCUT2D eigenvalue weighted by molar-refractivity contribution is 7.14. The molecule has 1 heterocycles. The monoisotopic (exact) mass is 293 g/mol. The summed E-state index contributed by atoms with van der Waals surface area (Å²) in [7, 11) is 7.63. The third kappa shape index (κ3) is 8.89. The van der Waals surface area contributed by atoms with Crippen LogP contribution in [0.5, 0.6) is 0 Å². The average Bonchev–Trinajstić information content (AvgIpc) is 2.46. The second kappa shape index (κ2) is 12.6. The van der Waals surface area contributed by atoms with Crippen LogP contribution in [0.3, 0.4) is 0 Å². The van der Waals surface area contributed by atoms with E-state index in [0.29, 0.717) is 0 Å². The van der Waals surface area contributed by atoms with Crippen LogP contribution >= 0.6 is 9.39 Å². The molecule has 1 aliphatic heterocycles. The van der Waals surface area contributed by atoms with Gasteiger partial charge in [-0.15, -0.1) is 0 Å². The first-order chi connectivity index (χ1) is 9.84. The summed E-state index contributed by atoms with van der Waals surface area (Å²) in [6.45, 7) is 5.28. The Hall–Kier alpha value is -0.170. The number of nitrogens with one attached hydrogen (secondary N) is 1. The summed E-state index contributed by atoms with van der Waals surface area (Å²) in [5, 5.41) is 3.50. The fourth-order valence-corrected chi connectivity index (χ4v) is 2.62. The lowest BCUT2D eigenvalue weighted by Gasteiger charge is -2.23. The lowest BCUT2D eigenvalue weighted by molar-refractivity contribution is 0.607. The molecule has 2 radical (unpaired) electrons. The van der Waals surface area contributed by atoms with Crippen LogP contribution in [0.25, 0.3) is 0 Å². The molecular formula is C14H30B2N3P. The summed E-state index contributed by atoms with van der Waals surface area (Å²) < 4.78 is 2.19. The van der Waals surface area contributed by atoms with Crippen LogP contribution in [0.15, 0.2) is 4.99 Å². The fraction of sp³-hybridized carbons (Fsp3) is 0.929. The Labute approximate surface area is 129 Å². The van der Waals surface area contributed by atoms with E-state index in [0.717, 1.165) is 25.6 Å². The number of nitrogens with zero attached hydrogens (tertiary/aromatic N) is 2. The summed E-state index contributed by atoms with van der Waals surface area (Å²) >= 11 is 0. The zero-order valence-electron chi connectivity index (χ0n) is 13.1. The van der Waals surface area contributed by atoms with Crippen LogP contribution in [-0.2, 0) is 0 Å². The maximum absolute atomic E-state index is 4.69. The fourth-order valence-electron chi connectivity index (χ4n) is 2.26. The van der Waals surface area contributed by atoms with E-state index in [1.54, 1.807) is 0 Å². The van der Waals surface area contributed by atoms with Crippen molar-refractivity contribution in [2.45, 2.75) is 64.3 Å². The van der Waals surface area contributed by atoms with Crippen LogP contribution in [0.1, 0.15) is 39.0 Å². The number of unbranched alkanes of at least 4 members (excludes halogenated alkanes) is 1. The predicted molar refractivity (Wildman–Crippen MR) is 96.2 cm³/mol. The van der Waals surface area contributed by atoms with Gasteiger partial charge in [0.2, 0.25) is 0 Å². The molecule has 1 unspecified atom stereocenters. The van der Waals surface area contributed by atoms with Gasteiger partial charge in [0, 0.05) is 19.6 Å². The first-order valence-corrected chi connectivity index (χ1v) is 8.80. The molecule has 0 bridgehead atoms. The zero-order chi connectivity index (χ0) is 14.5. The molecule has 1 aliphatic rings. The minimum absolute atomic E-state index is 0.937. The van der Waals surface area contributed by atoms with Crippen LogP contribution in [0, 0.1) is 0 Å². The number of guanidine groups is 1. The second-order valence-corrected chi connectivity index (χ2v) is 6.10. The Kier molecular flexibility index (Phi) is 11.2. The lowest BCUT2D eigenvalue weighted by atomic mass is 9.69. The molecule has 0 aromatic carbocycles. The quantitative estimate of drug-likeness (QED) is 0.444. The van der Waals surface area contributed by atoms with Crippen molar-refractivity contribution in [2.75, 3.05) is 19.6 Å². The maximum Gasteiger partial charge on any atom is 0.196 e. The molecule has 0 spiro atoms. The summed E-state index contributed by atoms with van der Waals surface area (Å²) in [5.41, 5.74) is 0. The van der Waals surface area contributed by atoms with Gasteiger partial charge in [-0.2, -0.15) is 0 Å². The van der Waals surface area contributed by atoms with Crippen molar-refractivity contribution in [3.8, 4) is 0 Å². The van der Waals surface area contributed by atoms with E-state index in [4.69, 9.17) is 4.99 Å². The van der Waals surface area contributed by atoms with Gasteiger partial charge in [-0.25, -0.2) is 0 Å². The van der Waals surface area contributed by atoms with Crippen LogP contribution in [0.4, 0.5) is 0 Å². The van der Waals surface area contributed by atoms with Gasteiger partial charge in [-0.3, -0.25) is 4.99 Å². The van der Waals surface area contributed by atoms with Gasteiger partial charge in [0.05, 0.1) is 0 Å². The van der Waals surface area contributed by atoms with E-state index >= 15 is 0 Å². The predicted octanol–water partition coefficient (Wildman–Crippen LogP) is 3.09. The Bertz CT molecular complexity index is 265. The Morgan fingerprint density at radius 2 is 2.10 bits per heavy atom. The molecule has 1 N–H and O–H groups in total. The van der Waals surface area contributed by atoms with Crippen molar-refractivity contribution >= 4 is 29.9 Å². The van der Waals surface area contributed by atoms with E-state index in [2.05, 4.69) is 40.9 Å². The third-order valence-corrected chi connectivity index (χ3v) is 4.04. The summed E-state index contributed by atoms with van der Waals surface area (Å²) in [6.07, 6.45) is 11.1. The van der Waals surface area contributed by atoms with Gasteiger partial charge in [0.15, 0.2) is 5.96 Å². The highest BCUT2D eigenvalue weighted by atomic mass is 31.0. The largest absolute Gasteiger partial charge is 0.356 e. The smallest absolute Gasteiger partial charge is 0.196 e. The first-order valence-electron chi connectivity index (χ1n) is 8.28. The second-order valence-electron chi connectivity index (χ2n) is 5.47. The molecule has 20 heavy (non-hydrogen) atoms. The molecule has 0 saturated carbocycles. The van der Waals surface area contributed by atoms with Gasteiger partial charge in [-0.05, 0) is 28.7 Å². The van der Waals surface area contributed by atoms with Crippen molar-refractivity contribution in [3.63, 3.8) is 0 Å². The molecule has 3 nitrogen and oxygen atoms in total. The molecule has 0 aliphatic carbocycles. The van der Waals surface area contributed by atoms with Crippen LogP contribution < -0.4 is 5.32 Å². The van der Waals surface area contributed by atoms with E-state index in [1.165, 1.54) is 57.4 Å². The average molecular weight is 293 g/mol. The summed E-state index contributed by atoms with van der Waals surface area (Å²) in [6, 6.07) is 0. The molecule has 112 valence electrons. The van der Waals surface area contributed by atoms with Crippen molar-refractivity contribution < 1.29 is 0 Å². The van der Waals surface area contributed by atoms with Crippen molar-refractivity contribution in [2.24, 2.45) is 4.99 Å². The lowest BCUT2D eigenvalue weighted by Crippen LogP contribution is -2.37. The SMILES string of the molecule is CCCC[B]CCCNC1=NCCC[B]CCCN1P. The van der Waals surface area contributed by atoms with Gasteiger partial charge in [0.1, 0.15) is 14.6 Å². The van der Waals surface area contributed by atoms with Gasteiger partial charge < -0.3 is 9.99 Å². The van der Waals surface area contributed by atoms with E-state index < -0.39 is 0 Å². The first kappa shape index (κ1) is 17.9. The molecule has 1 rings (SSSR count). The number of aliphatic imine (C=N–C) groups is 1. The van der Waals surface area contributed by atoms with Crippen LogP contribution in [0.2, 0.25) is 25.3 Å². The Morgan fingerprint density at radius 1 is 1.30 bits per heavy atom. The summed E-state index contributed by atoms with van der Waals surface area (Å²) in [4.78, 5) is 4.69. The minimum atomic E-state index is 0.937. The van der Waals surface area contributed by atoms with E-state index in [9.17, 15) is 0 Å². The topological polar surface area (TPSA) is 27.6 Å². The normalized spacial score (nSPS) is 17.1. The molecule has 6 heteroatoms. The molecule has 0 aromatic heterocycles. The molecule has 0 aromatic rings. The van der Waals surface area contributed by atoms with Crippen LogP contribution in [-0.4, -0.2) is 44.8 Å². The highest BCUT2D eigenvalue weighted by Gasteiger charge is 2.07. The van der Waals surface area contributed by atoms with Crippen molar-refractivity contribution in [1.29, 1.82) is 0 Å².